The summed E-state index contributed by atoms with van der Waals surface area (Å²) in [4.78, 5) is 27.7. The molecule has 0 aliphatic carbocycles. The van der Waals surface area contributed by atoms with E-state index < -0.39 is 0 Å². The van der Waals surface area contributed by atoms with E-state index in [9.17, 15) is 9.59 Å². The average Bonchev–Trinajstić information content (AvgIpc) is 2.37. The zero-order valence-electron chi connectivity index (χ0n) is 13.1. The molecule has 6 heteroatoms. The fourth-order valence-corrected chi connectivity index (χ4v) is 1.79. The Morgan fingerprint density at radius 3 is 2.62 bits per heavy atom. The Bertz CT molecular complexity index is 495. The highest BCUT2D eigenvalue weighted by atomic mass is 16.2. The first kappa shape index (κ1) is 16.9. The zero-order valence-corrected chi connectivity index (χ0v) is 13.1. The Hall–Kier alpha value is -2.11. The summed E-state index contributed by atoms with van der Waals surface area (Å²) in [5.41, 5.74) is 0.961. The van der Waals surface area contributed by atoms with Gasteiger partial charge in [0.2, 0.25) is 5.91 Å². The number of rotatable bonds is 6. The number of carbonyl (C=O) groups excluding carboxylic acids is 2. The third-order valence-corrected chi connectivity index (χ3v) is 2.58. The van der Waals surface area contributed by atoms with Gasteiger partial charge in [0.15, 0.2) is 0 Å². The largest absolute Gasteiger partial charge is 0.385 e. The van der Waals surface area contributed by atoms with E-state index in [1.807, 2.05) is 27.7 Å². The van der Waals surface area contributed by atoms with Gasteiger partial charge in [0, 0.05) is 37.4 Å². The first-order chi connectivity index (χ1) is 9.83. The monoisotopic (exact) mass is 292 g/mol. The molecular formula is C15H24N4O2. The topological polar surface area (TPSA) is 83.1 Å². The number of pyridine rings is 1. The molecule has 0 atom stereocenters. The number of hydrogen-bond acceptors (Lipinski definition) is 4. The van der Waals surface area contributed by atoms with Crippen molar-refractivity contribution in [2.45, 2.75) is 39.7 Å². The Balaban J connectivity index is 2.49. The second-order valence-electron chi connectivity index (χ2n) is 5.76. The van der Waals surface area contributed by atoms with Gasteiger partial charge in [0.05, 0.1) is 11.3 Å². The van der Waals surface area contributed by atoms with Crippen LogP contribution in [-0.2, 0) is 4.79 Å². The minimum absolute atomic E-state index is 0.0825. The zero-order chi connectivity index (χ0) is 15.9. The van der Waals surface area contributed by atoms with Gasteiger partial charge in [-0.3, -0.25) is 14.6 Å². The highest BCUT2D eigenvalue weighted by Crippen LogP contribution is 2.12. The minimum atomic E-state index is -0.261. The lowest BCUT2D eigenvalue weighted by atomic mass is 10.1. The average molecular weight is 292 g/mol. The number of nitrogens with one attached hydrogen (secondary N) is 3. The second-order valence-corrected chi connectivity index (χ2v) is 5.76. The summed E-state index contributed by atoms with van der Waals surface area (Å²) in [6, 6.07) is 1.75. The maximum absolute atomic E-state index is 12.1. The van der Waals surface area contributed by atoms with E-state index in [2.05, 4.69) is 20.9 Å². The fourth-order valence-electron chi connectivity index (χ4n) is 1.79. The molecule has 0 aliphatic rings. The van der Waals surface area contributed by atoms with Crippen molar-refractivity contribution in [1.29, 1.82) is 0 Å². The van der Waals surface area contributed by atoms with Crippen LogP contribution in [0.1, 0.15) is 44.5 Å². The van der Waals surface area contributed by atoms with Crippen LogP contribution in [0.4, 0.5) is 5.69 Å². The van der Waals surface area contributed by atoms with E-state index in [-0.39, 0.29) is 23.8 Å². The summed E-state index contributed by atoms with van der Waals surface area (Å²) in [5, 5.41) is 8.69. The maximum Gasteiger partial charge on any atom is 0.254 e. The highest BCUT2D eigenvalue weighted by molar-refractivity contribution is 5.99. The van der Waals surface area contributed by atoms with E-state index in [1.165, 1.54) is 6.20 Å². The van der Waals surface area contributed by atoms with Crippen molar-refractivity contribution in [3.05, 3.63) is 24.0 Å². The molecule has 0 spiro atoms. The molecule has 0 fully saturated rings. The third kappa shape index (κ3) is 6.25. The lowest BCUT2D eigenvalue weighted by Crippen LogP contribution is -2.42. The van der Waals surface area contributed by atoms with Crippen LogP contribution in [0.5, 0.6) is 0 Å². The Labute approximate surface area is 125 Å². The first-order valence-corrected chi connectivity index (χ1v) is 7.10. The molecule has 1 aromatic heterocycles. The normalized spacial score (nSPS) is 10.9. The molecule has 0 saturated heterocycles. The molecule has 0 saturated carbocycles. The van der Waals surface area contributed by atoms with E-state index in [0.29, 0.717) is 12.1 Å². The number of anilines is 1. The predicted octanol–water partition coefficient (Wildman–Crippen LogP) is 1.55. The van der Waals surface area contributed by atoms with E-state index >= 15 is 0 Å². The third-order valence-electron chi connectivity index (χ3n) is 2.58. The van der Waals surface area contributed by atoms with Crippen molar-refractivity contribution < 1.29 is 9.59 Å². The van der Waals surface area contributed by atoms with Crippen molar-refractivity contribution in [3.8, 4) is 0 Å². The number of hydrogen-bond donors (Lipinski definition) is 3. The van der Waals surface area contributed by atoms with Crippen LogP contribution in [0.2, 0.25) is 0 Å². The first-order valence-electron chi connectivity index (χ1n) is 7.10. The molecule has 0 aliphatic heterocycles. The second kappa shape index (κ2) is 7.61. The van der Waals surface area contributed by atoms with Crippen LogP contribution in [-0.4, -0.2) is 35.4 Å². The van der Waals surface area contributed by atoms with Gasteiger partial charge in [-0.05, 0) is 33.8 Å². The van der Waals surface area contributed by atoms with Gasteiger partial charge in [0.25, 0.3) is 5.91 Å². The molecule has 0 aromatic carbocycles. The van der Waals surface area contributed by atoms with Crippen molar-refractivity contribution in [2.75, 3.05) is 18.4 Å². The molecule has 21 heavy (non-hydrogen) atoms. The SMILES string of the molecule is CCNc1ccncc1C(=O)NCCC(=O)NC(C)(C)C. The lowest BCUT2D eigenvalue weighted by molar-refractivity contribution is -0.122. The molecule has 116 valence electrons. The summed E-state index contributed by atoms with van der Waals surface area (Å²) in [7, 11) is 0. The maximum atomic E-state index is 12.1. The molecule has 3 N–H and O–H groups in total. The quantitative estimate of drug-likeness (QED) is 0.743. The smallest absolute Gasteiger partial charge is 0.254 e. The summed E-state index contributed by atoms with van der Waals surface area (Å²) >= 11 is 0. The highest BCUT2D eigenvalue weighted by Gasteiger charge is 2.14. The summed E-state index contributed by atoms with van der Waals surface area (Å²) in [5.74, 6) is -0.316. The Morgan fingerprint density at radius 1 is 1.29 bits per heavy atom. The Kier molecular flexibility index (Phi) is 6.14. The molecule has 0 radical (unpaired) electrons. The lowest BCUT2D eigenvalue weighted by Gasteiger charge is -2.20. The van der Waals surface area contributed by atoms with Crippen molar-refractivity contribution >= 4 is 17.5 Å². The van der Waals surface area contributed by atoms with Gasteiger partial charge in [-0.15, -0.1) is 0 Å². The van der Waals surface area contributed by atoms with Crippen molar-refractivity contribution in [2.24, 2.45) is 0 Å². The van der Waals surface area contributed by atoms with E-state index in [0.717, 1.165) is 12.2 Å². The molecular weight excluding hydrogens is 268 g/mol. The van der Waals surface area contributed by atoms with E-state index in [4.69, 9.17) is 0 Å². The molecule has 0 unspecified atom stereocenters. The van der Waals surface area contributed by atoms with Crippen molar-refractivity contribution in [3.63, 3.8) is 0 Å². The van der Waals surface area contributed by atoms with E-state index in [1.54, 1.807) is 12.3 Å². The van der Waals surface area contributed by atoms with Crippen LogP contribution >= 0.6 is 0 Å². The van der Waals surface area contributed by atoms with Gasteiger partial charge >= 0.3 is 0 Å². The van der Waals surface area contributed by atoms with Gasteiger partial charge in [0.1, 0.15) is 0 Å². The number of aromatic nitrogens is 1. The van der Waals surface area contributed by atoms with Gasteiger partial charge in [-0.1, -0.05) is 0 Å². The van der Waals surface area contributed by atoms with Crippen LogP contribution in [0.15, 0.2) is 18.5 Å². The van der Waals surface area contributed by atoms with Gasteiger partial charge in [-0.2, -0.15) is 0 Å². The van der Waals surface area contributed by atoms with Crippen LogP contribution in [0.25, 0.3) is 0 Å². The van der Waals surface area contributed by atoms with Crippen molar-refractivity contribution in [1.82, 2.24) is 15.6 Å². The van der Waals surface area contributed by atoms with Crippen LogP contribution in [0.3, 0.4) is 0 Å². The summed E-state index contributed by atoms with van der Waals surface area (Å²) < 4.78 is 0. The van der Waals surface area contributed by atoms with Gasteiger partial charge < -0.3 is 16.0 Å². The van der Waals surface area contributed by atoms with Gasteiger partial charge in [-0.25, -0.2) is 0 Å². The number of nitrogens with zero attached hydrogens (tertiary/aromatic N) is 1. The molecule has 6 nitrogen and oxygen atoms in total. The fraction of sp³-hybridized carbons (Fsp3) is 0.533. The standard InChI is InChI=1S/C15H24N4O2/c1-5-17-12-6-8-16-10-11(12)14(21)18-9-7-13(20)19-15(2,3)4/h6,8,10H,5,7,9H2,1-4H3,(H,16,17)(H,18,21)(H,19,20). The summed E-state index contributed by atoms with van der Waals surface area (Å²) in [6.07, 6.45) is 3.40. The Morgan fingerprint density at radius 2 is 2.00 bits per heavy atom. The molecule has 1 aromatic rings. The molecule has 2 amide bonds. The number of carbonyl (C=O) groups is 2. The molecule has 1 heterocycles. The molecule has 0 bridgehead atoms. The van der Waals surface area contributed by atoms with Crippen LogP contribution in [0, 0.1) is 0 Å². The van der Waals surface area contributed by atoms with Crippen LogP contribution < -0.4 is 16.0 Å². The number of amides is 2. The minimum Gasteiger partial charge on any atom is -0.385 e. The molecule has 1 rings (SSSR count). The summed E-state index contributed by atoms with van der Waals surface area (Å²) in [6.45, 7) is 8.73. The predicted molar refractivity (Wildman–Crippen MR) is 83.2 cm³/mol.